The van der Waals surface area contributed by atoms with Gasteiger partial charge >= 0.3 is 5.92 Å². The molecule has 3 nitrogen and oxygen atoms in total. The van der Waals surface area contributed by atoms with Crippen molar-refractivity contribution in [1.29, 1.82) is 0 Å². The lowest BCUT2D eigenvalue weighted by Crippen LogP contribution is -2.47. The molecule has 0 bridgehead atoms. The summed E-state index contributed by atoms with van der Waals surface area (Å²) in [6, 6.07) is 0. The molecule has 1 aliphatic rings. The van der Waals surface area contributed by atoms with E-state index in [0.717, 1.165) is 12.8 Å². The number of amides is 1. The van der Waals surface area contributed by atoms with Gasteiger partial charge in [-0.1, -0.05) is 13.8 Å². The first-order valence-electron chi connectivity index (χ1n) is 5.22. The van der Waals surface area contributed by atoms with Gasteiger partial charge in [-0.2, -0.15) is 8.78 Å². The van der Waals surface area contributed by atoms with Crippen molar-refractivity contribution in [2.24, 2.45) is 11.1 Å². The zero-order chi connectivity index (χ0) is 11.7. The first kappa shape index (κ1) is 12.4. The smallest absolute Gasteiger partial charge is 0.336 e. The fourth-order valence-corrected chi connectivity index (χ4v) is 1.80. The summed E-state index contributed by atoms with van der Waals surface area (Å²) < 4.78 is 26.1. The molecule has 0 unspecified atom stereocenters. The highest BCUT2D eigenvalue weighted by atomic mass is 19.3. The Morgan fingerprint density at radius 1 is 1.60 bits per heavy atom. The van der Waals surface area contributed by atoms with Gasteiger partial charge in [-0.25, -0.2) is 0 Å². The van der Waals surface area contributed by atoms with Gasteiger partial charge in [-0.3, -0.25) is 4.79 Å². The summed E-state index contributed by atoms with van der Waals surface area (Å²) in [5.41, 5.74) is 4.86. The van der Waals surface area contributed by atoms with E-state index in [2.05, 4.69) is 0 Å². The van der Waals surface area contributed by atoms with Crippen LogP contribution in [0.15, 0.2) is 0 Å². The fourth-order valence-electron chi connectivity index (χ4n) is 1.80. The van der Waals surface area contributed by atoms with Gasteiger partial charge in [-0.05, 0) is 18.3 Å². The summed E-state index contributed by atoms with van der Waals surface area (Å²) in [5.74, 6) is -4.53. The molecule has 0 radical (unpaired) electrons. The van der Waals surface area contributed by atoms with Gasteiger partial charge in [-0.15, -0.1) is 0 Å². The van der Waals surface area contributed by atoms with Crippen molar-refractivity contribution in [3.63, 3.8) is 0 Å². The van der Waals surface area contributed by atoms with Gasteiger partial charge in [0, 0.05) is 13.1 Å². The first-order chi connectivity index (χ1) is 6.84. The average molecular weight is 220 g/mol. The van der Waals surface area contributed by atoms with Gasteiger partial charge in [0.25, 0.3) is 5.91 Å². The molecule has 0 spiro atoms. The fraction of sp³-hybridized carbons (Fsp3) is 0.900. The average Bonchev–Trinajstić information content (AvgIpc) is 2.60. The lowest BCUT2D eigenvalue weighted by atomic mass is 9.87. The Kier molecular flexibility index (Phi) is 3.33. The number of hydrogen-bond donors (Lipinski definition) is 1. The van der Waals surface area contributed by atoms with Crippen LogP contribution in [0.3, 0.4) is 0 Å². The van der Waals surface area contributed by atoms with Crippen molar-refractivity contribution in [1.82, 2.24) is 4.90 Å². The molecule has 1 fully saturated rings. The zero-order valence-corrected chi connectivity index (χ0v) is 9.22. The second-order valence-corrected chi connectivity index (χ2v) is 4.55. The van der Waals surface area contributed by atoms with E-state index in [4.69, 9.17) is 5.73 Å². The Labute approximate surface area is 88.6 Å². The molecular formula is C10H18F2N2O. The Hall–Kier alpha value is -0.710. The number of rotatable bonds is 3. The van der Waals surface area contributed by atoms with Gasteiger partial charge in [0.2, 0.25) is 0 Å². The van der Waals surface area contributed by atoms with Crippen LogP contribution in [0.1, 0.15) is 26.7 Å². The summed E-state index contributed by atoms with van der Waals surface area (Å²) in [7, 11) is 0. The molecule has 88 valence electrons. The number of carbonyl (C=O) groups excluding carboxylic acids is 1. The Morgan fingerprint density at radius 3 is 2.60 bits per heavy atom. The van der Waals surface area contributed by atoms with Crippen LogP contribution in [0.4, 0.5) is 8.78 Å². The second kappa shape index (κ2) is 4.04. The molecular weight excluding hydrogens is 202 g/mol. The number of hydrogen-bond acceptors (Lipinski definition) is 2. The van der Waals surface area contributed by atoms with E-state index in [-0.39, 0.29) is 5.41 Å². The first-order valence-corrected chi connectivity index (χ1v) is 5.22. The summed E-state index contributed by atoms with van der Waals surface area (Å²) in [5, 5.41) is 0. The predicted molar refractivity (Wildman–Crippen MR) is 53.6 cm³/mol. The number of carbonyl (C=O) groups is 1. The normalized spacial score (nSPS) is 27.1. The van der Waals surface area contributed by atoms with Gasteiger partial charge in [0.1, 0.15) is 0 Å². The molecule has 5 heteroatoms. The van der Waals surface area contributed by atoms with Crippen LogP contribution in [0.5, 0.6) is 0 Å². The SMILES string of the molecule is CC[C@@]1(C)CCN(C(=O)C(F)(F)CN)C1. The van der Waals surface area contributed by atoms with E-state index >= 15 is 0 Å². The van der Waals surface area contributed by atoms with Crippen molar-refractivity contribution in [2.45, 2.75) is 32.6 Å². The van der Waals surface area contributed by atoms with E-state index in [1.165, 1.54) is 4.90 Å². The van der Waals surface area contributed by atoms with Crippen molar-refractivity contribution in [3.05, 3.63) is 0 Å². The number of halogens is 2. The van der Waals surface area contributed by atoms with Crippen LogP contribution in [0, 0.1) is 5.41 Å². The van der Waals surface area contributed by atoms with E-state index < -0.39 is 18.4 Å². The molecule has 1 heterocycles. The molecule has 0 saturated carbocycles. The molecule has 1 amide bonds. The zero-order valence-electron chi connectivity index (χ0n) is 9.22. The molecule has 2 N–H and O–H groups in total. The lowest BCUT2D eigenvalue weighted by molar-refractivity contribution is -0.155. The molecule has 1 rings (SSSR count). The maximum atomic E-state index is 13.0. The molecule has 1 aliphatic heterocycles. The molecule has 1 saturated heterocycles. The minimum absolute atomic E-state index is 0.0136. The second-order valence-electron chi connectivity index (χ2n) is 4.55. The molecule has 0 aromatic heterocycles. The van der Waals surface area contributed by atoms with Crippen molar-refractivity contribution in [2.75, 3.05) is 19.6 Å². The summed E-state index contributed by atoms with van der Waals surface area (Å²) in [6.07, 6.45) is 1.68. The third kappa shape index (κ3) is 2.45. The summed E-state index contributed by atoms with van der Waals surface area (Å²) in [6.45, 7) is 3.94. The molecule has 1 atom stereocenters. The third-order valence-electron chi connectivity index (χ3n) is 3.27. The number of likely N-dealkylation sites (tertiary alicyclic amines) is 1. The Bertz CT molecular complexity index is 258. The minimum atomic E-state index is -3.40. The highest BCUT2D eigenvalue weighted by Crippen LogP contribution is 2.34. The summed E-state index contributed by atoms with van der Waals surface area (Å²) in [4.78, 5) is 12.6. The molecule has 15 heavy (non-hydrogen) atoms. The van der Waals surface area contributed by atoms with Crippen LogP contribution in [0.25, 0.3) is 0 Å². The largest absolute Gasteiger partial charge is 0.337 e. The van der Waals surface area contributed by atoms with Crippen LogP contribution < -0.4 is 5.73 Å². The standard InChI is InChI=1S/C10H18F2N2O/c1-3-9(2)4-5-14(7-9)8(15)10(11,12)6-13/h3-7,13H2,1-2H3/t9-/m0/s1. The van der Waals surface area contributed by atoms with E-state index in [1.54, 1.807) is 0 Å². The van der Waals surface area contributed by atoms with Gasteiger partial charge in [0.05, 0.1) is 6.54 Å². The van der Waals surface area contributed by atoms with Crippen LogP contribution in [0.2, 0.25) is 0 Å². The van der Waals surface area contributed by atoms with Crippen LogP contribution in [-0.2, 0) is 4.79 Å². The van der Waals surface area contributed by atoms with E-state index in [9.17, 15) is 13.6 Å². The minimum Gasteiger partial charge on any atom is -0.337 e. The predicted octanol–water partition coefficient (Wildman–Crippen LogP) is 1.23. The third-order valence-corrected chi connectivity index (χ3v) is 3.27. The maximum absolute atomic E-state index is 13.0. The molecule has 0 aromatic rings. The van der Waals surface area contributed by atoms with Crippen molar-refractivity contribution < 1.29 is 13.6 Å². The van der Waals surface area contributed by atoms with Crippen molar-refractivity contribution >= 4 is 5.91 Å². The monoisotopic (exact) mass is 220 g/mol. The Balaban J connectivity index is 2.66. The number of nitrogens with two attached hydrogens (primary N) is 1. The van der Waals surface area contributed by atoms with Crippen molar-refractivity contribution in [3.8, 4) is 0 Å². The number of nitrogens with zero attached hydrogens (tertiary/aromatic N) is 1. The summed E-state index contributed by atoms with van der Waals surface area (Å²) >= 11 is 0. The van der Waals surface area contributed by atoms with Gasteiger partial charge in [0.15, 0.2) is 0 Å². The quantitative estimate of drug-likeness (QED) is 0.777. The maximum Gasteiger partial charge on any atom is 0.336 e. The topological polar surface area (TPSA) is 46.3 Å². The Morgan fingerprint density at radius 2 is 2.20 bits per heavy atom. The molecule has 0 aromatic carbocycles. The highest BCUT2D eigenvalue weighted by Gasteiger charge is 2.45. The van der Waals surface area contributed by atoms with E-state index in [0.29, 0.717) is 13.1 Å². The van der Waals surface area contributed by atoms with Crippen LogP contribution in [-0.4, -0.2) is 36.4 Å². The van der Waals surface area contributed by atoms with Crippen LogP contribution >= 0.6 is 0 Å². The lowest BCUT2D eigenvalue weighted by Gasteiger charge is -2.25. The molecule has 0 aliphatic carbocycles. The van der Waals surface area contributed by atoms with Gasteiger partial charge < -0.3 is 10.6 Å². The number of alkyl halides is 2. The van der Waals surface area contributed by atoms with E-state index in [1.807, 2.05) is 13.8 Å². The highest BCUT2D eigenvalue weighted by molar-refractivity contribution is 5.84.